The first kappa shape index (κ1) is 23.3. The fourth-order valence-electron chi connectivity index (χ4n) is 4.31. The summed E-state index contributed by atoms with van der Waals surface area (Å²) < 4.78 is 13.1. The molecule has 8 nitrogen and oxygen atoms in total. The van der Waals surface area contributed by atoms with Crippen molar-refractivity contribution in [3.8, 4) is 0 Å². The van der Waals surface area contributed by atoms with Gasteiger partial charge in [0.05, 0.1) is 30.7 Å². The number of ether oxygens (including phenoxy) is 2. The quantitative estimate of drug-likeness (QED) is 0.195. The molecule has 2 heterocycles. The number of benzene rings is 2. The van der Waals surface area contributed by atoms with Crippen LogP contribution < -0.4 is 0 Å². The third-order valence-electron chi connectivity index (χ3n) is 6.21. The first-order chi connectivity index (χ1) is 17.0. The highest BCUT2D eigenvalue weighted by Gasteiger charge is 2.44. The molecule has 0 saturated heterocycles. The predicted octanol–water partition coefficient (Wildman–Crippen LogP) is 5.02. The Morgan fingerprint density at radius 1 is 0.886 bits per heavy atom. The lowest BCUT2D eigenvalue weighted by atomic mass is 9.69. The molecule has 5 rings (SSSR count). The lowest BCUT2D eigenvalue weighted by molar-refractivity contribution is -0.0308. The topological polar surface area (TPSA) is 96.2 Å². The molecule has 2 aromatic carbocycles. The van der Waals surface area contributed by atoms with Crippen LogP contribution in [0.3, 0.4) is 0 Å². The van der Waals surface area contributed by atoms with Crippen molar-refractivity contribution in [3.05, 3.63) is 88.6 Å². The molecule has 3 atom stereocenters. The maximum Gasteiger partial charge on any atom is 0.338 e. The first-order valence-electron chi connectivity index (χ1n) is 11.0. The summed E-state index contributed by atoms with van der Waals surface area (Å²) in [6.45, 7) is 0.332. The van der Waals surface area contributed by atoms with Crippen molar-refractivity contribution in [2.75, 3.05) is 13.2 Å². The minimum Gasteiger partial charge on any atom is -0.462 e. The van der Waals surface area contributed by atoms with Crippen LogP contribution in [0.1, 0.15) is 33.2 Å². The molecule has 0 unspecified atom stereocenters. The van der Waals surface area contributed by atoms with Gasteiger partial charge in [0.25, 0.3) is 0 Å². The van der Waals surface area contributed by atoms with Crippen molar-refractivity contribution >= 4 is 46.3 Å². The Labute approximate surface area is 210 Å². The molecule has 178 valence electrons. The van der Waals surface area contributed by atoms with E-state index in [9.17, 15) is 9.59 Å². The first-order valence-corrected chi connectivity index (χ1v) is 11.8. The molecule has 0 spiro atoms. The number of carbonyl (C=O) groups is 2. The molecule has 0 N–H and O–H groups in total. The van der Waals surface area contributed by atoms with Crippen molar-refractivity contribution in [1.29, 1.82) is 0 Å². The molecule has 0 aliphatic heterocycles. The van der Waals surface area contributed by atoms with Crippen molar-refractivity contribution in [2.45, 2.75) is 12.5 Å². The second-order valence-corrected chi connectivity index (χ2v) is 8.96. The van der Waals surface area contributed by atoms with Gasteiger partial charge in [0, 0.05) is 17.9 Å². The van der Waals surface area contributed by atoms with Gasteiger partial charge in [-0.15, -0.1) is 0 Å². The number of fused-ring (bicyclic) bond motifs is 1. The minimum atomic E-state index is -0.416. The lowest BCUT2D eigenvalue weighted by Crippen LogP contribution is -2.44. The standard InChI is InChI=1S/C25H20Cl2N4O4/c26-21-20-22(30-25(27)29-21)31(14-28-20)19-11-17(12-34-23(32)15-7-3-1-4-8-15)18(19)13-35-24(33)16-9-5-2-6-10-16/h1-10,14,17-19H,11-13H2/t17-,18-,19-/m1/s1. The maximum atomic E-state index is 12.6. The Morgan fingerprint density at radius 3 is 2.11 bits per heavy atom. The summed E-state index contributed by atoms with van der Waals surface area (Å²) in [4.78, 5) is 37.6. The monoisotopic (exact) mass is 510 g/mol. The van der Waals surface area contributed by atoms with Gasteiger partial charge in [-0.05, 0) is 42.3 Å². The number of nitrogens with zero attached hydrogens (tertiary/aromatic N) is 4. The Hall–Kier alpha value is -3.49. The van der Waals surface area contributed by atoms with Gasteiger partial charge in [-0.25, -0.2) is 19.6 Å². The molecular weight excluding hydrogens is 491 g/mol. The minimum absolute atomic E-state index is 0.0176. The maximum absolute atomic E-state index is 12.6. The zero-order chi connectivity index (χ0) is 24.4. The number of carbonyl (C=O) groups excluding carboxylic acids is 2. The van der Waals surface area contributed by atoms with E-state index >= 15 is 0 Å². The molecule has 35 heavy (non-hydrogen) atoms. The summed E-state index contributed by atoms with van der Waals surface area (Å²) in [5, 5.41) is 0.183. The fourth-order valence-corrected chi connectivity index (χ4v) is 4.73. The van der Waals surface area contributed by atoms with Gasteiger partial charge in [0.15, 0.2) is 10.8 Å². The van der Waals surface area contributed by atoms with Crippen LogP contribution in [-0.4, -0.2) is 44.7 Å². The van der Waals surface area contributed by atoms with Crippen LogP contribution in [0.25, 0.3) is 11.2 Å². The van der Waals surface area contributed by atoms with E-state index in [2.05, 4.69) is 15.0 Å². The van der Waals surface area contributed by atoms with Crippen molar-refractivity contribution in [2.24, 2.45) is 11.8 Å². The predicted molar refractivity (Wildman–Crippen MR) is 129 cm³/mol. The Bertz CT molecular complexity index is 1360. The van der Waals surface area contributed by atoms with Gasteiger partial charge < -0.3 is 14.0 Å². The number of esters is 2. The van der Waals surface area contributed by atoms with E-state index in [4.69, 9.17) is 32.7 Å². The highest BCUT2D eigenvalue weighted by atomic mass is 35.5. The van der Waals surface area contributed by atoms with E-state index in [1.807, 2.05) is 16.7 Å². The molecule has 0 radical (unpaired) electrons. The smallest absolute Gasteiger partial charge is 0.338 e. The number of halogens is 2. The average molecular weight is 511 g/mol. The highest BCUT2D eigenvalue weighted by molar-refractivity contribution is 6.35. The van der Waals surface area contributed by atoms with Crippen LogP contribution in [0.5, 0.6) is 0 Å². The van der Waals surface area contributed by atoms with Gasteiger partial charge in [0.1, 0.15) is 5.52 Å². The molecule has 0 amide bonds. The summed E-state index contributed by atoms with van der Waals surface area (Å²) >= 11 is 12.2. The highest BCUT2D eigenvalue weighted by Crippen LogP contribution is 2.46. The van der Waals surface area contributed by atoms with E-state index in [-0.39, 0.29) is 41.5 Å². The van der Waals surface area contributed by atoms with Crippen LogP contribution in [0, 0.1) is 11.8 Å². The molecule has 1 aliphatic rings. The molecule has 1 fully saturated rings. The molecule has 1 aliphatic carbocycles. The van der Waals surface area contributed by atoms with Crippen LogP contribution in [-0.2, 0) is 9.47 Å². The average Bonchev–Trinajstić information content (AvgIpc) is 3.28. The van der Waals surface area contributed by atoms with E-state index in [1.54, 1.807) is 54.9 Å². The van der Waals surface area contributed by atoms with E-state index in [0.29, 0.717) is 28.7 Å². The van der Waals surface area contributed by atoms with Crippen LogP contribution >= 0.6 is 23.2 Å². The zero-order valence-electron chi connectivity index (χ0n) is 18.4. The summed E-state index contributed by atoms with van der Waals surface area (Å²) in [6.07, 6.45) is 2.30. The fraction of sp³-hybridized carbons (Fsp3) is 0.240. The molecule has 0 bridgehead atoms. The van der Waals surface area contributed by atoms with Gasteiger partial charge in [-0.1, -0.05) is 48.0 Å². The number of aromatic nitrogens is 4. The number of imidazole rings is 1. The largest absolute Gasteiger partial charge is 0.462 e. The number of hydrogen-bond acceptors (Lipinski definition) is 7. The summed E-state index contributed by atoms with van der Waals surface area (Å²) in [6, 6.07) is 17.5. The zero-order valence-corrected chi connectivity index (χ0v) is 19.9. The Balaban J connectivity index is 1.34. The summed E-state index contributed by atoms with van der Waals surface area (Å²) in [5.74, 6) is -0.980. The van der Waals surface area contributed by atoms with Gasteiger partial charge in [-0.2, -0.15) is 4.98 Å². The second-order valence-electron chi connectivity index (χ2n) is 8.26. The molecule has 1 saturated carbocycles. The lowest BCUT2D eigenvalue weighted by Gasteiger charge is -2.44. The summed E-state index contributed by atoms with van der Waals surface area (Å²) in [7, 11) is 0. The molecule has 10 heteroatoms. The van der Waals surface area contributed by atoms with Gasteiger partial charge in [-0.3, -0.25) is 0 Å². The number of rotatable bonds is 7. The van der Waals surface area contributed by atoms with Gasteiger partial charge >= 0.3 is 11.9 Å². The molecular formula is C25H20Cl2N4O4. The molecule has 4 aromatic rings. The Morgan fingerprint density at radius 2 is 1.49 bits per heavy atom. The van der Waals surface area contributed by atoms with Crippen LogP contribution in [0.15, 0.2) is 67.0 Å². The van der Waals surface area contributed by atoms with E-state index in [0.717, 1.165) is 0 Å². The van der Waals surface area contributed by atoms with Crippen molar-refractivity contribution in [3.63, 3.8) is 0 Å². The Kier molecular flexibility index (Phi) is 6.66. The van der Waals surface area contributed by atoms with E-state index in [1.165, 1.54) is 0 Å². The van der Waals surface area contributed by atoms with Crippen LogP contribution in [0.4, 0.5) is 0 Å². The van der Waals surface area contributed by atoms with Crippen molar-refractivity contribution in [1.82, 2.24) is 19.5 Å². The van der Waals surface area contributed by atoms with Crippen LogP contribution in [0.2, 0.25) is 10.4 Å². The third-order valence-corrected chi connectivity index (χ3v) is 6.64. The van der Waals surface area contributed by atoms with E-state index < -0.39 is 11.9 Å². The number of hydrogen-bond donors (Lipinski definition) is 0. The SMILES string of the molecule is O=C(OC[C@H]1C[C@@H](n2cnc3c(Cl)nc(Cl)nc32)[C@@H]1COC(=O)c1ccccc1)c1ccccc1. The normalized spacial score (nSPS) is 19.2. The summed E-state index contributed by atoms with van der Waals surface area (Å²) in [5.41, 5.74) is 1.89. The van der Waals surface area contributed by atoms with Crippen molar-refractivity contribution < 1.29 is 19.1 Å². The third kappa shape index (κ3) is 4.85. The molecule has 2 aromatic heterocycles. The van der Waals surface area contributed by atoms with Gasteiger partial charge in [0.2, 0.25) is 5.28 Å². The second kappa shape index (κ2) is 10.0.